The average Bonchev–Trinajstić information content (AvgIpc) is 2.28. The van der Waals surface area contributed by atoms with Crippen LogP contribution in [0.3, 0.4) is 0 Å². The summed E-state index contributed by atoms with van der Waals surface area (Å²) in [6, 6.07) is 3.52. The molecule has 1 atom stereocenters. The van der Waals surface area contributed by atoms with Gasteiger partial charge in [0.25, 0.3) is 5.91 Å². The third-order valence-electron chi connectivity index (χ3n) is 2.75. The number of hydrogen-bond acceptors (Lipinski definition) is 3. The van der Waals surface area contributed by atoms with Crippen molar-refractivity contribution in [2.45, 2.75) is 20.0 Å². The molecule has 5 heteroatoms. The number of aryl methyl sites for hydroxylation is 1. The second kappa shape index (κ2) is 5.02. The number of halogens is 1. The second-order valence-corrected chi connectivity index (χ2v) is 4.58. The van der Waals surface area contributed by atoms with Crippen LogP contribution in [0.4, 0.5) is 0 Å². The number of aromatic nitrogens is 1. The van der Waals surface area contributed by atoms with Crippen LogP contribution < -0.4 is 0 Å². The molecule has 17 heavy (non-hydrogen) atoms. The molecular weight excluding hydrogens is 240 g/mol. The maximum Gasteiger partial charge on any atom is 0.257 e. The highest BCUT2D eigenvalue weighted by molar-refractivity contribution is 6.32. The zero-order valence-corrected chi connectivity index (χ0v) is 10.7. The summed E-state index contributed by atoms with van der Waals surface area (Å²) in [7, 11) is 0. The Hall–Kier alpha value is -1.13. The highest BCUT2D eigenvalue weighted by atomic mass is 35.5. The van der Waals surface area contributed by atoms with Gasteiger partial charge in [-0.1, -0.05) is 11.6 Å². The fourth-order valence-electron chi connectivity index (χ4n) is 1.86. The van der Waals surface area contributed by atoms with Crippen LogP contribution in [-0.4, -0.2) is 41.6 Å². The molecule has 2 rings (SSSR count). The van der Waals surface area contributed by atoms with Crippen molar-refractivity contribution in [3.05, 3.63) is 28.5 Å². The van der Waals surface area contributed by atoms with Crippen molar-refractivity contribution in [1.29, 1.82) is 0 Å². The lowest BCUT2D eigenvalue weighted by atomic mass is 10.2. The van der Waals surface area contributed by atoms with Crippen molar-refractivity contribution in [3.63, 3.8) is 0 Å². The van der Waals surface area contributed by atoms with Crippen molar-refractivity contribution in [1.82, 2.24) is 9.88 Å². The molecule has 1 aromatic heterocycles. The van der Waals surface area contributed by atoms with Crippen molar-refractivity contribution >= 4 is 17.5 Å². The summed E-state index contributed by atoms with van der Waals surface area (Å²) in [5, 5.41) is 0.272. The summed E-state index contributed by atoms with van der Waals surface area (Å²) in [6.07, 6.45) is 0.0740. The van der Waals surface area contributed by atoms with Gasteiger partial charge in [-0.3, -0.25) is 4.79 Å². The summed E-state index contributed by atoms with van der Waals surface area (Å²) in [6.45, 7) is 5.58. The van der Waals surface area contributed by atoms with Gasteiger partial charge >= 0.3 is 0 Å². The topological polar surface area (TPSA) is 42.4 Å². The number of carbonyl (C=O) groups excluding carboxylic acids is 1. The van der Waals surface area contributed by atoms with Crippen molar-refractivity contribution < 1.29 is 9.53 Å². The predicted octanol–water partition coefficient (Wildman–Crippen LogP) is 1.90. The summed E-state index contributed by atoms with van der Waals surface area (Å²) in [4.78, 5) is 18.1. The molecule has 2 heterocycles. The van der Waals surface area contributed by atoms with Crippen molar-refractivity contribution in [2.75, 3.05) is 19.7 Å². The van der Waals surface area contributed by atoms with Gasteiger partial charge in [0.15, 0.2) is 0 Å². The Labute approximate surface area is 106 Å². The molecule has 0 saturated carbocycles. The van der Waals surface area contributed by atoms with E-state index in [1.54, 1.807) is 17.0 Å². The van der Waals surface area contributed by atoms with Crippen LogP contribution in [0, 0.1) is 6.92 Å². The highest BCUT2D eigenvalue weighted by Gasteiger charge is 2.24. The molecule has 1 fully saturated rings. The molecule has 1 aliphatic rings. The van der Waals surface area contributed by atoms with Gasteiger partial charge < -0.3 is 9.64 Å². The Morgan fingerprint density at radius 1 is 1.59 bits per heavy atom. The lowest BCUT2D eigenvalue weighted by molar-refractivity contribution is -0.0124. The SMILES string of the molecule is Cc1ccc(C(=O)N2CCOC(C)C2)c(Cl)n1. The third kappa shape index (κ3) is 2.76. The van der Waals surface area contributed by atoms with E-state index in [2.05, 4.69) is 4.98 Å². The van der Waals surface area contributed by atoms with Crippen LogP contribution in [0.5, 0.6) is 0 Å². The molecule has 1 saturated heterocycles. The fraction of sp³-hybridized carbons (Fsp3) is 0.500. The normalized spacial score (nSPS) is 20.4. The number of nitrogens with zero attached hydrogens (tertiary/aromatic N) is 2. The first-order valence-electron chi connectivity index (χ1n) is 5.62. The molecule has 92 valence electrons. The lowest BCUT2D eigenvalue weighted by Crippen LogP contribution is -2.44. The number of pyridine rings is 1. The van der Waals surface area contributed by atoms with E-state index in [4.69, 9.17) is 16.3 Å². The first kappa shape index (κ1) is 12.3. The summed E-state index contributed by atoms with van der Waals surface area (Å²) in [5.41, 5.74) is 1.27. The van der Waals surface area contributed by atoms with E-state index in [-0.39, 0.29) is 17.2 Å². The van der Waals surface area contributed by atoms with E-state index in [1.165, 1.54) is 0 Å². The van der Waals surface area contributed by atoms with Gasteiger partial charge in [0.2, 0.25) is 0 Å². The van der Waals surface area contributed by atoms with Gasteiger partial charge in [-0.2, -0.15) is 0 Å². The highest BCUT2D eigenvalue weighted by Crippen LogP contribution is 2.17. The molecule has 0 spiro atoms. The zero-order chi connectivity index (χ0) is 12.4. The number of ether oxygens (including phenoxy) is 1. The van der Waals surface area contributed by atoms with Crippen LogP contribution in [0.2, 0.25) is 5.15 Å². The lowest BCUT2D eigenvalue weighted by Gasteiger charge is -2.31. The Morgan fingerprint density at radius 3 is 3.00 bits per heavy atom. The molecule has 0 aromatic carbocycles. The van der Waals surface area contributed by atoms with Crippen molar-refractivity contribution in [3.8, 4) is 0 Å². The zero-order valence-electron chi connectivity index (χ0n) is 9.94. The summed E-state index contributed by atoms with van der Waals surface area (Å²) >= 11 is 5.99. The number of amides is 1. The summed E-state index contributed by atoms with van der Waals surface area (Å²) < 4.78 is 5.40. The Kier molecular flexibility index (Phi) is 3.64. The van der Waals surface area contributed by atoms with Crippen LogP contribution in [0.15, 0.2) is 12.1 Å². The molecule has 1 aliphatic heterocycles. The van der Waals surface area contributed by atoms with Crippen molar-refractivity contribution in [2.24, 2.45) is 0 Å². The number of rotatable bonds is 1. The monoisotopic (exact) mass is 254 g/mol. The third-order valence-corrected chi connectivity index (χ3v) is 3.03. The average molecular weight is 255 g/mol. The first-order valence-corrected chi connectivity index (χ1v) is 6.00. The van der Waals surface area contributed by atoms with Crippen LogP contribution in [0.25, 0.3) is 0 Å². The molecule has 0 N–H and O–H groups in total. The predicted molar refractivity (Wildman–Crippen MR) is 65.3 cm³/mol. The molecule has 1 amide bonds. The van der Waals surface area contributed by atoms with Crippen LogP contribution in [0.1, 0.15) is 23.0 Å². The van der Waals surface area contributed by atoms with Gasteiger partial charge in [-0.15, -0.1) is 0 Å². The van der Waals surface area contributed by atoms with E-state index >= 15 is 0 Å². The van der Waals surface area contributed by atoms with E-state index in [0.29, 0.717) is 25.3 Å². The molecule has 0 aliphatic carbocycles. The molecule has 4 nitrogen and oxygen atoms in total. The van der Waals surface area contributed by atoms with E-state index in [9.17, 15) is 4.79 Å². The number of carbonyl (C=O) groups is 1. The molecule has 0 radical (unpaired) electrons. The fourth-order valence-corrected chi connectivity index (χ4v) is 2.13. The molecular formula is C12H15ClN2O2. The minimum Gasteiger partial charge on any atom is -0.375 e. The van der Waals surface area contributed by atoms with Gasteiger partial charge in [-0.05, 0) is 26.0 Å². The van der Waals surface area contributed by atoms with Crippen LogP contribution in [-0.2, 0) is 4.74 Å². The second-order valence-electron chi connectivity index (χ2n) is 4.22. The van der Waals surface area contributed by atoms with E-state index < -0.39 is 0 Å². The quantitative estimate of drug-likeness (QED) is 0.719. The minimum atomic E-state index is -0.0716. The van der Waals surface area contributed by atoms with Gasteiger partial charge in [-0.25, -0.2) is 4.98 Å². The number of morpholine rings is 1. The Morgan fingerprint density at radius 2 is 2.35 bits per heavy atom. The Balaban J connectivity index is 2.18. The Bertz CT molecular complexity index is 437. The van der Waals surface area contributed by atoms with Crippen LogP contribution >= 0.6 is 11.6 Å². The van der Waals surface area contributed by atoms with E-state index in [0.717, 1.165) is 5.69 Å². The summed E-state index contributed by atoms with van der Waals surface area (Å²) in [5.74, 6) is -0.0716. The van der Waals surface area contributed by atoms with Gasteiger partial charge in [0.05, 0.1) is 18.3 Å². The smallest absolute Gasteiger partial charge is 0.257 e. The molecule has 1 unspecified atom stereocenters. The first-order chi connectivity index (χ1) is 8.08. The molecule has 0 bridgehead atoms. The minimum absolute atomic E-state index is 0.0716. The van der Waals surface area contributed by atoms with Gasteiger partial charge in [0.1, 0.15) is 5.15 Å². The largest absolute Gasteiger partial charge is 0.375 e. The maximum absolute atomic E-state index is 12.2. The number of hydrogen-bond donors (Lipinski definition) is 0. The van der Waals surface area contributed by atoms with E-state index in [1.807, 2.05) is 13.8 Å². The standard InChI is InChI=1S/C12H15ClN2O2/c1-8-3-4-10(11(13)14-8)12(16)15-5-6-17-9(2)7-15/h3-4,9H,5-7H2,1-2H3. The van der Waals surface area contributed by atoms with Gasteiger partial charge in [0, 0.05) is 18.8 Å². The maximum atomic E-state index is 12.2. The molecule has 1 aromatic rings.